The molecule has 1 fully saturated rings. The minimum atomic E-state index is -0.212. The third-order valence-electron chi connectivity index (χ3n) is 2.59. The first-order valence-electron chi connectivity index (χ1n) is 5.05. The molecule has 1 saturated heterocycles. The zero-order valence-corrected chi connectivity index (χ0v) is 9.79. The second-order valence-electron chi connectivity index (χ2n) is 3.88. The highest BCUT2D eigenvalue weighted by molar-refractivity contribution is 7.07. The Kier molecular flexibility index (Phi) is 3.19. The molecule has 0 saturated carbocycles. The van der Waals surface area contributed by atoms with Gasteiger partial charge in [-0.3, -0.25) is 9.59 Å². The molecule has 1 aromatic rings. The van der Waals surface area contributed by atoms with Crippen molar-refractivity contribution >= 4 is 23.2 Å². The highest BCUT2D eigenvalue weighted by atomic mass is 32.1. The molecule has 0 spiro atoms. The van der Waals surface area contributed by atoms with Crippen LogP contribution < -0.4 is 5.32 Å². The monoisotopic (exact) mass is 239 g/mol. The SMILES string of the molecule is CN(Cc1cscn1)C(=O)C1CNC(=O)C1. The summed E-state index contributed by atoms with van der Waals surface area (Å²) in [5, 5.41) is 4.58. The van der Waals surface area contributed by atoms with Crippen molar-refractivity contribution in [3.05, 3.63) is 16.6 Å². The first kappa shape index (κ1) is 11.1. The van der Waals surface area contributed by atoms with Crippen LogP contribution in [0.2, 0.25) is 0 Å². The van der Waals surface area contributed by atoms with Gasteiger partial charge < -0.3 is 10.2 Å². The average molecular weight is 239 g/mol. The molecule has 1 aliphatic heterocycles. The number of hydrogen-bond donors (Lipinski definition) is 1. The first-order chi connectivity index (χ1) is 7.66. The molecule has 0 aliphatic carbocycles. The molecule has 1 unspecified atom stereocenters. The fourth-order valence-corrected chi connectivity index (χ4v) is 2.28. The molecular formula is C10H13N3O2S. The van der Waals surface area contributed by atoms with Crippen LogP contribution in [0.1, 0.15) is 12.1 Å². The van der Waals surface area contributed by atoms with E-state index in [1.807, 2.05) is 5.38 Å². The van der Waals surface area contributed by atoms with E-state index in [0.29, 0.717) is 19.5 Å². The lowest BCUT2D eigenvalue weighted by Gasteiger charge is -2.18. The Bertz CT molecular complexity index is 391. The Hall–Kier alpha value is -1.43. The van der Waals surface area contributed by atoms with E-state index in [4.69, 9.17) is 0 Å². The Balaban J connectivity index is 1.92. The van der Waals surface area contributed by atoms with Crippen LogP contribution in [0.25, 0.3) is 0 Å². The molecule has 5 nitrogen and oxygen atoms in total. The van der Waals surface area contributed by atoms with Crippen LogP contribution >= 0.6 is 11.3 Å². The highest BCUT2D eigenvalue weighted by Crippen LogP contribution is 2.13. The van der Waals surface area contributed by atoms with Crippen LogP contribution in [0, 0.1) is 5.92 Å². The van der Waals surface area contributed by atoms with Gasteiger partial charge >= 0.3 is 0 Å². The average Bonchev–Trinajstić information content (AvgIpc) is 2.88. The van der Waals surface area contributed by atoms with E-state index in [-0.39, 0.29) is 17.7 Å². The number of aromatic nitrogens is 1. The van der Waals surface area contributed by atoms with Crippen LogP contribution in [0.15, 0.2) is 10.9 Å². The highest BCUT2D eigenvalue weighted by Gasteiger charge is 2.30. The van der Waals surface area contributed by atoms with Crippen molar-refractivity contribution in [2.75, 3.05) is 13.6 Å². The lowest BCUT2D eigenvalue weighted by atomic mass is 10.1. The summed E-state index contributed by atoms with van der Waals surface area (Å²) in [5.41, 5.74) is 2.63. The van der Waals surface area contributed by atoms with E-state index < -0.39 is 0 Å². The zero-order valence-electron chi connectivity index (χ0n) is 8.97. The molecule has 86 valence electrons. The van der Waals surface area contributed by atoms with Gasteiger partial charge in [-0.15, -0.1) is 11.3 Å². The van der Waals surface area contributed by atoms with Gasteiger partial charge in [-0.2, -0.15) is 0 Å². The van der Waals surface area contributed by atoms with Gasteiger partial charge in [-0.05, 0) is 0 Å². The number of nitrogens with zero attached hydrogens (tertiary/aromatic N) is 2. The lowest BCUT2D eigenvalue weighted by molar-refractivity contribution is -0.135. The minimum absolute atomic E-state index is 0.00588. The van der Waals surface area contributed by atoms with Crippen molar-refractivity contribution in [1.29, 1.82) is 0 Å². The van der Waals surface area contributed by atoms with Crippen LogP contribution in [-0.2, 0) is 16.1 Å². The molecular weight excluding hydrogens is 226 g/mol. The smallest absolute Gasteiger partial charge is 0.228 e. The van der Waals surface area contributed by atoms with Gasteiger partial charge in [0.15, 0.2) is 0 Å². The standard InChI is InChI=1S/C10H13N3O2S/c1-13(4-8-5-16-6-12-8)10(15)7-2-9(14)11-3-7/h5-7H,2-4H2,1H3,(H,11,14). The first-order valence-corrected chi connectivity index (χ1v) is 6.00. The zero-order chi connectivity index (χ0) is 11.5. The van der Waals surface area contributed by atoms with Gasteiger partial charge in [-0.25, -0.2) is 4.98 Å². The Morgan fingerprint density at radius 2 is 2.56 bits per heavy atom. The molecule has 0 bridgehead atoms. The molecule has 1 N–H and O–H groups in total. The molecule has 6 heteroatoms. The van der Waals surface area contributed by atoms with E-state index in [9.17, 15) is 9.59 Å². The molecule has 0 aromatic carbocycles. The third kappa shape index (κ3) is 2.38. The van der Waals surface area contributed by atoms with Gasteiger partial charge in [0, 0.05) is 25.4 Å². The number of amides is 2. The number of carbonyl (C=O) groups is 2. The van der Waals surface area contributed by atoms with E-state index >= 15 is 0 Å². The second kappa shape index (κ2) is 4.61. The number of carbonyl (C=O) groups excluding carboxylic acids is 2. The van der Waals surface area contributed by atoms with Gasteiger partial charge in [0.1, 0.15) is 0 Å². The van der Waals surface area contributed by atoms with Gasteiger partial charge in [0.25, 0.3) is 0 Å². The van der Waals surface area contributed by atoms with Crippen molar-refractivity contribution in [3.63, 3.8) is 0 Å². The van der Waals surface area contributed by atoms with Crippen LogP contribution in [0.5, 0.6) is 0 Å². The fourth-order valence-electron chi connectivity index (χ4n) is 1.73. The van der Waals surface area contributed by atoms with E-state index in [1.54, 1.807) is 17.5 Å². The molecule has 16 heavy (non-hydrogen) atoms. The molecule has 2 heterocycles. The van der Waals surface area contributed by atoms with Crippen molar-refractivity contribution in [2.24, 2.45) is 5.92 Å². The summed E-state index contributed by atoms with van der Waals surface area (Å²) in [4.78, 5) is 28.7. The molecule has 1 aliphatic rings. The number of hydrogen-bond acceptors (Lipinski definition) is 4. The van der Waals surface area contributed by atoms with Crippen LogP contribution in [-0.4, -0.2) is 35.3 Å². The summed E-state index contributed by atoms with van der Waals surface area (Å²) in [6.45, 7) is 0.964. The number of nitrogens with one attached hydrogen (secondary N) is 1. The van der Waals surface area contributed by atoms with Crippen molar-refractivity contribution in [3.8, 4) is 0 Å². The normalized spacial score (nSPS) is 19.6. The summed E-state index contributed by atoms with van der Waals surface area (Å²) in [6, 6.07) is 0. The third-order valence-corrected chi connectivity index (χ3v) is 3.22. The van der Waals surface area contributed by atoms with Crippen LogP contribution in [0.3, 0.4) is 0 Å². The number of thiazole rings is 1. The Labute approximate surface area is 97.5 Å². The largest absolute Gasteiger partial charge is 0.355 e. The Morgan fingerprint density at radius 1 is 1.75 bits per heavy atom. The topological polar surface area (TPSA) is 62.3 Å². The van der Waals surface area contributed by atoms with E-state index in [1.165, 1.54) is 11.3 Å². The predicted molar refractivity (Wildman–Crippen MR) is 59.7 cm³/mol. The number of rotatable bonds is 3. The van der Waals surface area contributed by atoms with Crippen molar-refractivity contribution in [2.45, 2.75) is 13.0 Å². The molecule has 2 rings (SSSR count). The van der Waals surface area contributed by atoms with Crippen LogP contribution in [0.4, 0.5) is 0 Å². The predicted octanol–water partition coefficient (Wildman–Crippen LogP) is 0.238. The summed E-state index contributed by atoms with van der Waals surface area (Å²) in [5.74, 6) is -0.247. The van der Waals surface area contributed by atoms with Gasteiger partial charge in [0.05, 0.1) is 23.7 Å². The maximum atomic E-state index is 11.9. The van der Waals surface area contributed by atoms with Gasteiger partial charge in [-0.1, -0.05) is 0 Å². The maximum absolute atomic E-state index is 11.9. The second-order valence-corrected chi connectivity index (χ2v) is 4.60. The maximum Gasteiger partial charge on any atom is 0.228 e. The quantitative estimate of drug-likeness (QED) is 0.821. The fraction of sp³-hybridized carbons (Fsp3) is 0.500. The molecule has 2 amide bonds. The van der Waals surface area contributed by atoms with E-state index in [2.05, 4.69) is 10.3 Å². The molecule has 1 atom stereocenters. The lowest BCUT2D eigenvalue weighted by Crippen LogP contribution is -2.33. The van der Waals surface area contributed by atoms with Crippen molar-refractivity contribution in [1.82, 2.24) is 15.2 Å². The molecule has 0 radical (unpaired) electrons. The minimum Gasteiger partial charge on any atom is -0.355 e. The summed E-state index contributed by atoms with van der Waals surface area (Å²) in [6.07, 6.45) is 0.306. The molecule has 1 aromatic heterocycles. The van der Waals surface area contributed by atoms with Crippen molar-refractivity contribution < 1.29 is 9.59 Å². The Morgan fingerprint density at radius 3 is 3.12 bits per heavy atom. The summed E-state index contributed by atoms with van der Waals surface area (Å²) < 4.78 is 0. The van der Waals surface area contributed by atoms with Gasteiger partial charge in [0.2, 0.25) is 11.8 Å². The van der Waals surface area contributed by atoms with E-state index in [0.717, 1.165) is 5.69 Å². The summed E-state index contributed by atoms with van der Waals surface area (Å²) >= 11 is 1.51. The summed E-state index contributed by atoms with van der Waals surface area (Å²) in [7, 11) is 1.74.